The number of amides is 1. The van der Waals surface area contributed by atoms with Gasteiger partial charge in [-0.1, -0.05) is 59.2 Å². The summed E-state index contributed by atoms with van der Waals surface area (Å²) in [6.45, 7) is 3.64. The number of nitrogens with zero attached hydrogens (tertiary/aromatic N) is 3. The molecule has 0 fully saturated rings. The fourth-order valence-corrected chi connectivity index (χ4v) is 3.26. The van der Waals surface area contributed by atoms with Crippen molar-refractivity contribution in [3.63, 3.8) is 0 Å². The van der Waals surface area contributed by atoms with Crippen LogP contribution in [0.5, 0.6) is 0 Å². The van der Waals surface area contributed by atoms with E-state index < -0.39 is 0 Å². The van der Waals surface area contributed by atoms with Gasteiger partial charge in [0.05, 0.1) is 17.0 Å². The number of oxime groups is 1. The maximum Gasteiger partial charge on any atom is 0.260 e. The highest BCUT2D eigenvalue weighted by Crippen LogP contribution is 2.29. The van der Waals surface area contributed by atoms with Crippen molar-refractivity contribution in [3.05, 3.63) is 70.5 Å². The maximum absolute atomic E-state index is 12.8. The molecule has 0 atom stereocenters. The van der Waals surface area contributed by atoms with Crippen LogP contribution in [0.3, 0.4) is 0 Å². The van der Waals surface area contributed by atoms with Gasteiger partial charge >= 0.3 is 0 Å². The predicted molar refractivity (Wildman–Crippen MR) is 112 cm³/mol. The SMILES string of the molecule is CO/N=C(\C)c1ccc(-c2ccccc2NC(=O)c2c(C)nn(C)c2Cl)cc1. The summed E-state index contributed by atoms with van der Waals surface area (Å²) >= 11 is 6.22. The number of rotatable bonds is 5. The van der Waals surface area contributed by atoms with E-state index in [-0.39, 0.29) is 5.91 Å². The number of aryl methyl sites for hydroxylation is 2. The molecule has 0 spiro atoms. The molecule has 0 saturated heterocycles. The van der Waals surface area contributed by atoms with Crippen molar-refractivity contribution in [2.24, 2.45) is 12.2 Å². The Balaban J connectivity index is 1.91. The van der Waals surface area contributed by atoms with Crippen LogP contribution in [0.15, 0.2) is 53.7 Å². The molecule has 1 heterocycles. The Kier molecular flexibility index (Phi) is 5.80. The molecule has 144 valence electrons. The van der Waals surface area contributed by atoms with Gasteiger partial charge < -0.3 is 10.2 Å². The molecule has 0 unspecified atom stereocenters. The molecular weight excluding hydrogens is 376 g/mol. The molecular formula is C21H21ClN4O2. The lowest BCUT2D eigenvalue weighted by Crippen LogP contribution is -2.13. The third-order valence-corrected chi connectivity index (χ3v) is 4.83. The zero-order valence-corrected chi connectivity index (χ0v) is 16.9. The van der Waals surface area contributed by atoms with E-state index in [1.54, 1.807) is 14.0 Å². The van der Waals surface area contributed by atoms with E-state index in [1.807, 2.05) is 55.5 Å². The molecule has 6 nitrogen and oxygen atoms in total. The molecule has 1 aromatic heterocycles. The average molecular weight is 397 g/mol. The van der Waals surface area contributed by atoms with E-state index in [2.05, 4.69) is 15.6 Å². The first kappa shape index (κ1) is 19.6. The van der Waals surface area contributed by atoms with Crippen LogP contribution in [0.4, 0.5) is 5.69 Å². The van der Waals surface area contributed by atoms with E-state index >= 15 is 0 Å². The Morgan fingerprint density at radius 3 is 2.46 bits per heavy atom. The summed E-state index contributed by atoms with van der Waals surface area (Å²) in [5, 5.41) is 11.4. The van der Waals surface area contributed by atoms with E-state index in [0.717, 1.165) is 22.4 Å². The number of anilines is 1. The first-order chi connectivity index (χ1) is 13.4. The predicted octanol–water partition coefficient (Wildman–Crippen LogP) is 4.67. The number of hydrogen-bond donors (Lipinski definition) is 1. The molecule has 7 heteroatoms. The summed E-state index contributed by atoms with van der Waals surface area (Å²) in [5.41, 5.74) is 5.28. The fourth-order valence-electron chi connectivity index (χ4n) is 3.00. The smallest absolute Gasteiger partial charge is 0.260 e. The van der Waals surface area contributed by atoms with Crippen molar-refractivity contribution in [3.8, 4) is 11.1 Å². The Labute approximate surface area is 168 Å². The Bertz CT molecular complexity index is 1040. The molecule has 0 bridgehead atoms. The molecule has 28 heavy (non-hydrogen) atoms. The molecule has 0 aliphatic carbocycles. The van der Waals surface area contributed by atoms with Gasteiger partial charge in [-0.15, -0.1) is 0 Å². The summed E-state index contributed by atoms with van der Waals surface area (Å²) < 4.78 is 1.49. The van der Waals surface area contributed by atoms with Crippen LogP contribution in [0.25, 0.3) is 11.1 Å². The summed E-state index contributed by atoms with van der Waals surface area (Å²) in [6, 6.07) is 15.5. The molecule has 0 aliphatic rings. The number of hydrogen-bond acceptors (Lipinski definition) is 4. The van der Waals surface area contributed by atoms with Crippen molar-refractivity contribution in [2.45, 2.75) is 13.8 Å². The molecule has 0 radical (unpaired) electrons. The number of halogens is 1. The minimum absolute atomic E-state index is 0.289. The summed E-state index contributed by atoms with van der Waals surface area (Å²) in [7, 11) is 3.23. The average Bonchev–Trinajstić information content (AvgIpc) is 2.94. The van der Waals surface area contributed by atoms with Crippen LogP contribution in [0.2, 0.25) is 5.15 Å². The second-order valence-corrected chi connectivity index (χ2v) is 6.67. The quantitative estimate of drug-likeness (QED) is 0.503. The monoisotopic (exact) mass is 396 g/mol. The molecule has 1 N–H and O–H groups in total. The summed E-state index contributed by atoms with van der Waals surface area (Å²) in [5.74, 6) is -0.289. The second-order valence-electron chi connectivity index (χ2n) is 6.31. The van der Waals surface area contributed by atoms with Crippen molar-refractivity contribution in [1.82, 2.24) is 9.78 Å². The third-order valence-electron chi connectivity index (χ3n) is 4.40. The number of benzene rings is 2. The molecule has 0 aliphatic heterocycles. The summed E-state index contributed by atoms with van der Waals surface area (Å²) in [4.78, 5) is 17.6. The number of para-hydroxylation sites is 1. The number of carbonyl (C=O) groups excluding carboxylic acids is 1. The van der Waals surface area contributed by atoms with Gasteiger partial charge in [-0.3, -0.25) is 9.48 Å². The topological polar surface area (TPSA) is 68.5 Å². The highest BCUT2D eigenvalue weighted by atomic mass is 35.5. The molecule has 3 rings (SSSR count). The van der Waals surface area contributed by atoms with Gasteiger partial charge in [0.15, 0.2) is 0 Å². The van der Waals surface area contributed by atoms with E-state index in [0.29, 0.717) is 22.1 Å². The minimum Gasteiger partial charge on any atom is -0.399 e. The van der Waals surface area contributed by atoms with Crippen LogP contribution in [0.1, 0.15) is 28.5 Å². The third kappa shape index (κ3) is 3.92. The van der Waals surface area contributed by atoms with Crippen molar-refractivity contribution >= 4 is 28.9 Å². The van der Waals surface area contributed by atoms with Gasteiger partial charge in [0.2, 0.25) is 0 Å². The van der Waals surface area contributed by atoms with E-state index in [4.69, 9.17) is 16.4 Å². The lowest BCUT2D eigenvalue weighted by Gasteiger charge is -2.12. The van der Waals surface area contributed by atoms with Crippen LogP contribution in [-0.4, -0.2) is 28.5 Å². The fraction of sp³-hybridized carbons (Fsp3) is 0.190. The standard InChI is InChI=1S/C21H21ClN4O2/c1-13(25-28-4)15-9-11-16(12-10-15)17-7-5-6-8-18(17)23-21(27)19-14(2)24-26(3)20(19)22/h5-12H,1-4H3,(H,23,27)/b25-13+. The summed E-state index contributed by atoms with van der Waals surface area (Å²) in [6.07, 6.45) is 0. The first-order valence-electron chi connectivity index (χ1n) is 8.70. The van der Waals surface area contributed by atoms with Crippen LogP contribution >= 0.6 is 11.6 Å². The lowest BCUT2D eigenvalue weighted by molar-refractivity contribution is 0.102. The highest BCUT2D eigenvalue weighted by Gasteiger charge is 2.20. The van der Waals surface area contributed by atoms with Crippen LogP contribution in [0, 0.1) is 6.92 Å². The number of nitrogens with one attached hydrogen (secondary N) is 1. The minimum atomic E-state index is -0.289. The molecule has 0 saturated carbocycles. The zero-order chi connectivity index (χ0) is 20.3. The van der Waals surface area contributed by atoms with Crippen LogP contribution in [-0.2, 0) is 11.9 Å². The largest absolute Gasteiger partial charge is 0.399 e. The van der Waals surface area contributed by atoms with Gasteiger partial charge in [-0.2, -0.15) is 5.10 Å². The van der Waals surface area contributed by atoms with Gasteiger partial charge in [-0.05, 0) is 31.0 Å². The van der Waals surface area contributed by atoms with Crippen LogP contribution < -0.4 is 5.32 Å². The zero-order valence-electron chi connectivity index (χ0n) is 16.2. The van der Waals surface area contributed by atoms with E-state index in [9.17, 15) is 4.79 Å². The number of carbonyl (C=O) groups is 1. The van der Waals surface area contributed by atoms with Gasteiger partial charge in [0, 0.05) is 18.3 Å². The van der Waals surface area contributed by atoms with Gasteiger partial charge in [0.25, 0.3) is 5.91 Å². The van der Waals surface area contributed by atoms with Crippen molar-refractivity contribution in [2.75, 3.05) is 12.4 Å². The molecule has 1 amide bonds. The maximum atomic E-state index is 12.8. The second kappa shape index (κ2) is 8.27. The lowest BCUT2D eigenvalue weighted by atomic mass is 10.0. The van der Waals surface area contributed by atoms with Crippen molar-refractivity contribution < 1.29 is 9.63 Å². The Morgan fingerprint density at radius 1 is 1.18 bits per heavy atom. The van der Waals surface area contributed by atoms with E-state index in [1.165, 1.54) is 11.8 Å². The molecule has 2 aromatic carbocycles. The van der Waals surface area contributed by atoms with Crippen molar-refractivity contribution in [1.29, 1.82) is 0 Å². The highest BCUT2D eigenvalue weighted by molar-refractivity contribution is 6.33. The first-order valence-corrected chi connectivity index (χ1v) is 9.08. The Morgan fingerprint density at radius 2 is 1.86 bits per heavy atom. The van der Waals surface area contributed by atoms with Gasteiger partial charge in [0.1, 0.15) is 12.3 Å². The number of aromatic nitrogens is 2. The molecule has 3 aromatic rings. The normalized spacial score (nSPS) is 11.4. The van der Waals surface area contributed by atoms with Gasteiger partial charge in [-0.25, -0.2) is 0 Å². The Hall–Kier alpha value is -3.12.